The van der Waals surface area contributed by atoms with Crippen LogP contribution in [0.5, 0.6) is 0 Å². The molecule has 0 aromatic heterocycles. The van der Waals surface area contributed by atoms with Gasteiger partial charge in [-0.05, 0) is 31.7 Å². The lowest BCUT2D eigenvalue weighted by molar-refractivity contribution is 0.362. The molecule has 64 valence electrons. The third-order valence-corrected chi connectivity index (χ3v) is 2.90. The van der Waals surface area contributed by atoms with E-state index in [4.69, 9.17) is 0 Å². The van der Waals surface area contributed by atoms with Gasteiger partial charge in [0.25, 0.3) is 0 Å². The van der Waals surface area contributed by atoms with Crippen LogP contribution < -0.4 is 5.32 Å². The summed E-state index contributed by atoms with van der Waals surface area (Å²) < 4.78 is 12.7. The number of hydrogen-bond donors (Lipinski definition) is 1. The predicted octanol–water partition coefficient (Wildman–Crippen LogP) is 1.73. The molecule has 0 spiro atoms. The molecule has 1 N–H and O–H groups in total. The van der Waals surface area contributed by atoms with Crippen molar-refractivity contribution in [1.29, 1.82) is 0 Å². The summed E-state index contributed by atoms with van der Waals surface area (Å²) in [6.07, 6.45) is 2.99. The van der Waals surface area contributed by atoms with Crippen LogP contribution in [0.2, 0.25) is 0 Å². The molecule has 2 unspecified atom stereocenters. The molecule has 2 atom stereocenters. The molecule has 0 bridgehead atoms. The molecule has 0 amide bonds. The van der Waals surface area contributed by atoms with Gasteiger partial charge in [-0.2, -0.15) is 0 Å². The summed E-state index contributed by atoms with van der Waals surface area (Å²) in [4.78, 5) is 0. The highest BCUT2D eigenvalue weighted by Gasteiger charge is 2.50. The van der Waals surface area contributed by atoms with Gasteiger partial charge >= 0.3 is 0 Å². The quantitative estimate of drug-likeness (QED) is 0.655. The van der Waals surface area contributed by atoms with E-state index in [2.05, 4.69) is 5.32 Å². The van der Waals surface area contributed by atoms with Crippen molar-refractivity contribution in [2.45, 2.75) is 32.4 Å². The molecular weight excluding hydrogens is 141 g/mol. The molecule has 0 saturated heterocycles. The van der Waals surface area contributed by atoms with Crippen LogP contribution in [0.3, 0.4) is 0 Å². The van der Waals surface area contributed by atoms with E-state index < -0.39 is 6.17 Å². The Hall–Kier alpha value is -0.110. The number of halogens is 1. The van der Waals surface area contributed by atoms with Crippen molar-refractivity contribution in [1.82, 2.24) is 5.32 Å². The summed E-state index contributed by atoms with van der Waals surface area (Å²) in [6.45, 7) is 4.02. The van der Waals surface area contributed by atoms with Gasteiger partial charge in [0.15, 0.2) is 0 Å². The molecule has 0 aliphatic heterocycles. The maximum atomic E-state index is 12.7. The average Bonchev–Trinajstić information content (AvgIpc) is 2.78. The first kappa shape index (κ1) is 7.53. The zero-order valence-corrected chi connectivity index (χ0v) is 7.07. The van der Waals surface area contributed by atoms with Crippen LogP contribution in [0.4, 0.5) is 4.39 Å². The van der Waals surface area contributed by atoms with E-state index in [-0.39, 0.29) is 5.41 Å². The molecule has 2 rings (SSSR count). The van der Waals surface area contributed by atoms with Crippen molar-refractivity contribution in [3.8, 4) is 0 Å². The van der Waals surface area contributed by atoms with E-state index in [9.17, 15) is 4.39 Å². The molecule has 11 heavy (non-hydrogen) atoms. The Morgan fingerprint density at radius 3 is 2.64 bits per heavy atom. The number of alkyl halides is 1. The first-order valence-electron chi connectivity index (χ1n) is 4.55. The van der Waals surface area contributed by atoms with E-state index in [0.29, 0.717) is 0 Å². The highest BCUT2D eigenvalue weighted by Crippen LogP contribution is 2.47. The monoisotopic (exact) mass is 157 g/mol. The Balaban J connectivity index is 1.59. The van der Waals surface area contributed by atoms with Gasteiger partial charge in [0.2, 0.25) is 0 Å². The van der Waals surface area contributed by atoms with Crippen LogP contribution in [0.25, 0.3) is 0 Å². The summed E-state index contributed by atoms with van der Waals surface area (Å²) in [5.41, 5.74) is -0.00507. The molecule has 2 heteroatoms. The maximum absolute atomic E-state index is 12.7. The average molecular weight is 157 g/mol. The van der Waals surface area contributed by atoms with Gasteiger partial charge in [0.05, 0.1) is 0 Å². The number of hydrogen-bond acceptors (Lipinski definition) is 1. The van der Waals surface area contributed by atoms with Crippen LogP contribution >= 0.6 is 0 Å². The zero-order chi connectivity index (χ0) is 7.90. The summed E-state index contributed by atoms with van der Waals surface area (Å²) in [5.74, 6) is 0.912. The standard InChI is InChI=1S/C9H16FN/c1-9(4-8(9)10)6-11-5-7-2-3-7/h7-8,11H,2-6H2,1H3. The second-order valence-corrected chi connectivity index (χ2v) is 4.40. The fraction of sp³-hybridized carbons (Fsp3) is 1.00. The molecule has 2 aliphatic rings. The minimum Gasteiger partial charge on any atom is -0.316 e. The highest BCUT2D eigenvalue weighted by atomic mass is 19.1. The molecule has 2 saturated carbocycles. The van der Waals surface area contributed by atoms with E-state index in [1.165, 1.54) is 12.8 Å². The molecule has 2 fully saturated rings. The minimum atomic E-state index is -0.533. The molecule has 2 aliphatic carbocycles. The fourth-order valence-corrected chi connectivity index (χ4v) is 1.42. The van der Waals surface area contributed by atoms with Crippen LogP contribution in [0, 0.1) is 11.3 Å². The summed E-state index contributed by atoms with van der Waals surface area (Å²) in [7, 11) is 0. The Morgan fingerprint density at radius 1 is 1.55 bits per heavy atom. The molecule has 0 radical (unpaired) electrons. The lowest BCUT2D eigenvalue weighted by Crippen LogP contribution is -2.25. The second-order valence-electron chi connectivity index (χ2n) is 4.40. The van der Waals surface area contributed by atoms with Crippen LogP contribution in [-0.4, -0.2) is 19.3 Å². The number of rotatable bonds is 4. The van der Waals surface area contributed by atoms with Gasteiger partial charge in [-0.25, -0.2) is 4.39 Å². The van der Waals surface area contributed by atoms with Gasteiger partial charge in [-0.3, -0.25) is 0 Å². The van der Waals surface area contributed by atoms with Gasteiger partial charge < -0.3 is 5.32 Å². The lowest BCUT2D eigenvalue weighted by atomic mass is 10.1. The smallest absolute Gasteiger partial charge is 0.107 e. The first-order chi connectivity index (χ1) is 5.21. The van der Waals surface area contributed by atoms with Crippen molar-refractivity contribution < 1.29 is 4.39 Å². The van der Waals surface area contributed by atoms with Crippen molar-refractivity contribution in [3.63, 3.8) is 0 Å². The van der Waals surface area contributed by atoms with E-state index >= 15 is 0 Å². The Morgan fingerprint density at radius 2 is 2.18 bits per heavy atom. The second kappa shape index (κ2) is 2.44. The van der Waals surface area contributed by atoms with E-state index in [1.54, 1.807) is 0 Å². The Labute approximate surface area is 67.4 Å². The highest BCUT2D eigenvalue weighted by molar-refractivity contribution is 5.01. The normalized spacial score (nSPS) is 42.5. The molecule has 0 aromatic carbocycles. The van der Waals surface area contributed by atoms with Crippen molar-refractivity contribution in [3.05, 3.63) is 0 Å². The van der Waals surface area contributed by atoms with Crippen LogP contribution in [-0.2, 0) is 0 Å². The largest absolute Gasteiger partial charge is 0.316 e. The summed E-state index contributed by atoms with van der Waals surface area (Å²) in [5, 5.41) is 3.34. The van der Waals surface area contributed by atoms with Gasteiger partial charge in [-0.15, -0.1) is 0 Å². The van der Waals surface area contributed by atoms with Crippen LogP contribution in [0.1, 0.15) is 26.2 Å². The predicted molar refractivity (Wildman–Crippen MR) is 43.2 cm³/mol. The molecule has 1 nitrogen and oxygen atoms in total. The summed E-state index contributed by atoms with van der Waals surface area (Å²) in [6, 6.07) is 0. The fourth-order valence-electron chi connectivity index (χ4n) is 1.42. The third kappa shape index (κ3) is 1.73. The van der Waals surface area contributed by atoms with Crippen molar-refractivity contribution in [2.24, 2.45) is 11.3 Å². The van der Waals surface area contributed by atoms with Crippen molar-refractivity contribution in [2.75, 3.05) is 13.1 Å². The minimum absolute atomic E-state index is 0.00507. The Bertz CT molecular complexity index is 156. The third-order valence-electron chi connectivity index (χ3n) is 2.90. The molecule has 0 heterocycles. The first-order valence-corrected chi connectivity index (χ1v) is 4.55. The van der Waals surface area contributed by atoms with E-state index in [0.717, 1.165) is 25.4 Å². The zero-order valence-electron chi connectivity index (χ0n) is 7.07. The SMILES string of the molecule is CC1(CNCC2CC2)CC1F. The Kier molecular flexibility index (Phi) is 1.67. The summed E-state index contributed by atoms with van der Waals surface area (Å²) >= 11 is 0. The molecule has 0 aromatic rings. The van der Waals surface area contributed by atoms with Gasteiger partial charge in [-0.1, -0.05) is 6.92 Å². The molecular formula is C9H16FN. The van der Waals surface area contributed by atoms with Gasteiger partial charge in [0.1, 0.15) is 6.17 Å². The topological polar surface area (TPSA) is 12.0 Å². The van der Waals surface area contributed by atoms with Crippen LogP contribution in [0.15, 0.2) is 0 Å². The number of nitrogens with one attached hydrogen (secondary N) is 1. The maximum Gasteiger partial charge on any atom is 0.107 e. The lowest BCUT2D eigenvalue weighted by Gasteiger charge is -2.08. The van der Waals surface area contributed by atoms with E-state index in [1.807, 2.05) is 6.92 Å². The van der Waals surface area contributed by atoms with Crippen molar-refractivity contribution >= 4 is 0 Å². The van der Waals surface area contributed by atoms with Gasteiger partial charge in [0, 0.05) is 12.0 Å².